The molecule has 60 valence electrons. The molecule has 1 rings (SSSR count). The van der Waals surface area contributed by atoms with Gasteiger partial charge < -0.3 is 10.8 Å². The number of hydrogen-bond acceptors (Lipinski definition) is 4. The molecule has 4 nitrogen and oxygen atoms in total. The topological polar surface area (TPSA) is 72.0 Å². The smallest absolute Gasteiger partial charge is 0.103 e. The minimum absolute atomic E-state index is 0.484. The molecule has 3 N–H and O–H groups in total. The van der Waals surface area contributed by atoms with Gasteiger partial charge in [0.2, 0.25) is 0 Å². The van der Waals surface area contributed by atoms with Crippen LogP contribution in [0.4, 0.5) is 5.69 Å². The summed E-state index contributed by atoms with van der Waals surface area (Å²) in [5, 5.41) is 16.8. The number of nitrogens with two attached hydrogens (primary N) is 1. The molecule has 0 amide bonds. The third kappa shape index (κ3) is 1.88. The van der Waals surface area contributed by atoms with Crippen LogP contribution in [0.1, 0.15) is 19.5 Å². The zero-order valence-electron chi connectivity index (χ0n) is 6.57. The highest BCUT2D eigenvalue weighted by Gasteiger charge is 2.17. The van der Waals surface area contributed by atoms with E-state index >= 15 is 0 Å². The van der Waals surface area contributed by atoms with Crippen molar-refractivity contribution in [3.63, 3.8) is 0 Å². The Labute approximate surface area is 65.1 Å². The molecular weight excluding hydrogens is 142 g/mol. The van der Waals surface area contributed by atoms with Crippen molar-refractivity contribution in [3.05, 3.63) is 18.0 Å². The van der Waals surface area contributed by atoms with Crippen LogP contribution in [0.15, 0.2) is 12.3 Å². The zero-order valence-corrected chi connectivity index (χ0v) is 6.57. The first-order valence-corrected chi connectivity index (χ1v) is 3.31. The maximum absolute atomic E-state index is 9.46. The van der Waals surface area contributed by atoms with Gasteiger partial charge in [0.1, 0.15) is 5.60 Å². The quantitative estimate of drug-likeness (QED) is 0.608. The lowest BCUT2D eigenvalue weighted by atomic mass is 10.1. The van der Waals surface area contributed by atoms with Crippen LogP contribution >= 0.6 is 0 Å². The zero-order chi connectivity index (χ0) is 8.48. The molecule has 0 unspecified atom stereocenters. The van der Waals surface area contributed by atoms with Crippen LogP contribution in [0, 0.1) is 0 Å². The van der Waals surface area contributed by atoms with E-state index < -0.39 is 5.60 Å². The average Bonchev–Trinajstić information content (AvgIpc) is 1.86. The molecule has 0 aromatic carbocycles. The lowest BCUT2D eigenvalue weighted by Crippen LogP contribution is -2.18. The number of aromatic nitrogens is 2. The predicted molar refractivity (Wildman–Crippen MR) is 41.7 cm³/mol. The molecule has 0 spiro atoms. The molecule has 0 aliphatic carbocycles. The Morgan fingerprint density at radius 3 is 2.55 bits per heavy atom. The van der Waals surface area contributed by atoms with E-state index in [0.717, 1.165) is 0 Å². The number of anilines is 1. The van der Waals surface area contributed by atoms with Gasteiger partial charge in [0.15, 0.2) is 0 Å². The third-order valence-electron chi connectivity index (χ3n) is 1.30. The average molecular weight is 153 g/mol. The van der Waals surface area contributed by atoms with Gasteiger partial charge in [-0.3, -0.25) is 0 Å². The molecule has 0 bridgehead atoms. The normalized spacial score (nSPS) is 11.5. The van der Waals surface area contributed by atoms with Gasteiger partial charge in [-0.15, -0.1) is 0 Å². The van der Waals surface area contributed by atoms with Crippen LogP contribution in [0.2, 0.25) is 0 Å². The van der Waals surface area contributed by atoms with E-state index in [1.807, 2.05) is 0 Å². The van der Waals surface area contributed by atoms with E-state index in [-0.39, 0.29) is 0 Å². The second kappa shape index (κ2) is 2.47. The van der Waals surface area contributed by atoms with Gasteiger partial charge in [0.25, 0.3) is 0 Å². The van der Waals surface area contributed by atoms with Gasteiger partial charge in [-0.25, -0.2) is 0 Å². The van der Waals surface area contributed by atoms with Crippen molar-refractivity contribution in [2.75, 3.05) is 5.73 Å². The minimum atomic E-state index is -0.970. The minimum Gasteiger partial charge on any atom is -0.397 e. The van der Waals surface area contributed by atoms with E-state index in [9.17, 15) is 5.11 Å². The van der Waals surface area contributed by atoms with Crippen molar-refractivity contribution in [1.82, 2.24) is 10.2 Å². The number of nitrogens with zero attached hydrogens (tertiary/aromatic N) is 2. The standard InChI is InChI=1S/C7H11N3O/c1-7(2,11)6-3-5(8)4-9-10-6/h3-4,11H,1-2H3,(H2,8,10). The van der Waals surface area contributed by atoms with Crippen LogP contribution in [0.25, 0.3) is 0 Å². The highest BCUT2D eigenvalue weighted by atomic mass is 16.3. The molecule has 11 heavy (non-hydrogen) atoms. The SMILES string of the molecule is CC(C)(O)c1cc(N)cnn1. The number of hydrogen-bond donors (Lipinski definition) is 2. The first kappa shape index (κ1) is 7.94. The van der Waals surface area contributed by atoms with Crippen LogP contribution in [-0.2, 0) is 5.60 Å². The van der Waals surface area contributed by atoms with Gasteiger partial charge in [-0.05, 0) is 19.9 Å². The highest BCUT2D eigenvalue weighted by Crippen LogP contribution is 2.17. The first-order valence-electron chi connectivity index (χ1n) is 3.31. The van der Waals surface area contributed by atoms with Crippen molar-refractivity contribution in [3.8, 4) is 0 Å². The predicted octanol–water partition coefficient (Wildman–Crippen LogP) is 0.286. The van der Waals surface area contributed by atoms with Gasteiger partial charge in [0, 0.05) is 0 Å². The molecule has 0 radical (unpaired) electrons. The maximum atomic E-state index is 9.46. The van der Waals surface area contributed by atoms with Crippen LogP contribution in [0.5, 0.6) is 0 Å². The van der Waals surface area contributed by atoms with Gasteiger partial charge >= 0.3 is 0 Å². The summed E-state index contributed by atoms with van der Waals surface area (Å²) in [5.74, 6) is 0. The van der Waals surface area contributed by atoms with Gasteiger partial charge in [-0.2, -0.15) is 10.2 Å². The Kier molecular flexibility index (Phi) is 1.78. The summed E-state index contributed by atoms with van der Waals surface area (Å²) < 4.78 is 0. The molecule has 1 heterocycles. The van der Waals surface area contributed by atoms with E-state index in [4.69, 9.17) is 5.73 Å². The van der Waals surface area contributed by atoms with Crippen molar-refractivity contribution in [2.24, 2.45) is 0 Å². The Morgan fingerprint density at radius 1 is 1.55 bits per heavy atom. The summed E-state index contributed by atoms with van der Waals surface area (Å²) in [6, 6.07) is 1.60. The summed E-state index contributed by atoms with van der Waals surface area (Å²) in [5.41, 5.74) is 5.47. The Balaban J connectivity index is 3.06. The summed E-state index contributed by atoms with van der Waals surface area (Å²) in [6.45, 7) is 3.27. The molecule has 4 heteroatoms. The van der Waals surface area contributed by atoms with Gasteiger partial charge in [0.05, 0.1) is 17.6 Å². The number of rotatable bonds is 1. The fourth-order valence-corrected chi connectivity index (χ4v) is 0.681. The van der Waals surface area contributed by atoms with Crippen LogP contribution in [0.3, 0.4) is 0 Å². The Bertz CT molecular complexity index is 254. The molecule has 0 atom stereocenters. The molecular formula is C7H11N3O. The summed E-state index contributed by atoms with van der Waals surface area (Å²) in [7, 11) is 0. The monoisotopic (exact) mass is 153 g/mol. The molecule has 0 saturated heterocycles. The lowest BCUT2D eigenvalue weighted by Gasteiger charge is -2.15. The fraction of sp³-hybridized carbons (Fsp3) is 0.429. The number of nitrogen functional groups attached to an aromatic ring is 1. The molecule has 1 aromatic rings. The Morgan fingerprint density at radius 2 is 2.18 bits per heavy atom. The van der Waals surface area contributed by atoms with E-state index in [1.54, 1.807) is 19.9 Å². The second-order valence-corrected chi connectivity index (χ2v) is 2.93. The van der Waals surface area contributed by atoms with E-state index in [2.05, 4.69) is 10.2 Å². The van der Waals surface area contributed by atoms with Crippen molar-refractivity contribution < 1.29 is 5.11 Å². The molecule has 0 fully saturated rings. The highest BCUT2D eigenvalue weighted by molar-refractivity contribution is 5.35. The molecule has 1 aromatic heterocycles. The Hall–Kier alpha value is -1.16. The summed E-state index contributed by atoms with van der Waals surface area (Å²) in [4.78, 5) is 0. The fourth-order valence-electron chi connectivity index (χ4n) is 0.681. The van der Waals surface area contributed by atoms with E-state index in [0.29, 0.717) is 11.4 Å². The number of aliphatic hydroxyl groups is 1. The van der Waals surface area contributed by atoms with Crippen LogP contribution < -0.4 is 5.73 Å². The van der Waals surface area contributed by atoms with Crippen LogP contribution in [-0.4, -0.2) is 15.3 Å². The second-order valence-electron chi connectivity index (χ2n) is 2.93. The third-order valence-corrected chi connectivity index (χ3v) is 1.30. The van der Waals surface area contributed by atoms with Gasteiger partial charge in [-0.1, -0.05) is 0 Å². The molecule has 0 saturated carbocycles. The maximum Gasteiger partial charge on any atom is 0.103 e. The van der Waals surface area contributed by atoms with Crippen molar-refractivity contribution in [1.29, 1.82) is 0 Å². The van der Waals surface area contributed by atoms with Crippen molar-refractivity contribution in [2.45, 2.75) is 19.4 Å². The first-order chi connectivity index (χ1) is 5.00. The molecule has 0 aliphatic rings. The lowest BCUT2D eigenvalue weighted by molar-refractivity contribution is 0.0729. The van der Waals surface area contributed by atoms with E-state index in [1.165, 1.54) is 6.20 Å². The summed E-state index contributed by atoms with van der Waals surface area (Å²) in [6.07, 6.45) is 1.44. The molecule has 0 aliphatic heterocycles. The van der Waals surface area contributed by atoms with Crippen molar-refractivity contribution >= 4 is 5.69 Å². The summed E-state index contributed by atoms with van der Waals surface area (Å²) >= 11 is 0. The largest absolute Gasteiger partial charge is 0.397 e.